The highest BCUT2D eigenvalue weighted by Gasteiger charge is 2.11. The third-order valence-corrected chi connectivity index (χ3v) is 2.67. The van der Waals surface area contributed by atoms with E-state index in [4.69, 9.17) is 5.73 Å². The van der Waals surface area contributed by atoms with Crippen molar-refractivity contribution in [1.82, 2.24) is 10.6 Å². The van der Waals surface area contributed by atoms with Crippen LogP contribution in [-0.2, 0) is 4.79 Å². The maximum absolute atomic E-state index is 11.9. The number of hydrogen-bond donors (Lipinski definition) is 4. The van der Waals surface area contributed by atoms with Gasteiger partial charge in [0.1, 0.15) is 0 Å². The van der Waals surface area contributed by atoms with Gasteiger partial charge in [-0.2, -0.15) is 0 Å². The van der Waals surface area contributed by atoms with Gasteiger partial charge in [0.25, 0.3) is 5.91 Å². The largest absolute Gasteiger partial charge is 0.399 e. The summed E-state index contributed by atoms with van der Waals surface area (Å²) in [6, 6.07) is 5.05. The second-order valence-corrected chi connectivity index (χ2v) is 4.29. The molecule has 1 rings (SSSR count). The fourth-order valence-corrected chi connectivity index (χ4v) is 1.76. The summed E-state index contributed by atoms with van der Waals surface area (Å²) < 4.78 is 0. The molecule has 0 bridgehead atoms. The van der Waals surface area contributed by atoms with E-state index in [1.54, 1.807) is 18.2 Å². The Bertz CT molecular complexity index is 474. The third kappa shape index (κ3) is 4.79. The molecular weight excluding hydrogens is 256 g/mol. The van der Waals surface area contributed by atoms with Crippen LogP contribution in [0, 0.1) is 0 Å². The van der Waals surface area contributed by atoms with Crippen molar-refractivity contribution < 1.29 is 9.59 Å². The Morgan fingerprint density at radius 3 is 2.50 bits per heavy atom. The lowest BCUT2D eigenvalue weighted by Crippen LogP contribution is -2.26. The standard InChI is InChI=1S/C14H22N4O2/c1-3-16-13(19)7-8-18-12-9-10(15)5-6-11(12)14(20)17-4-2/h5-6,9,18H,3-4,7-8,15H2,1-2H3,(H,16,19)(H,17,20). The molecule has 0 aliphatic heterocycles. The number of nitrogens with one attached hydrogen (secondary N) is 3. The Morgan fingerprint density at radius 1 is 1.15 bits per heavy atom. The Morgan fingerprint density at radius 2 is 1.85 bits per heavy atom. The first-order valence-corrected chi connectivity index (χ1v) is 6.76. The maximum Gasteiger partial charge on any atom is 0.253 e. The van der Waals surface area contributed by atoms with E-state index in [0.717, 1.165) is 0 Å². The molecule has 0 unspecified atom stereocenters. The number of nitrogens with two attached hydrogens (primary N) is 1. The number of amides is 2. The predicted molar refractivity (Wildman–Crippen MR) is 80.7 cm³/mol. The smallest absolute Gasteiger partial charge is 0.253 e. The SMILES string of the molecule is CCNC(=O)CCNc1cc(N)ccc1C(=O)NCC. The molecule has 6 nitrogen and oxygen atoms in total. The summed E-state index contributed by atoms with van der Waals surface area (Å²) in [5.74, 6) is -0.184. The fourth-order valence-electron chi connectivity index (χ4n) is 1.76. The average molecular weight is 278 g/mol. The van der Waals surface area contributed by atoms with E-state index in [-0.39, 0.29) is 11.8 Å². The third-order valence-electron chi connectivity index (χ3n) is 2.67. The van der Waals surface area contributed by atoms with Gasteiger partial charge in [0, 0.05) is 37.4 Å². The van der Waals surface area contributed by atoms with Crippen molar-refractivity contribution in [2.24, 2.45) is 0 Å². The van der Waals surface area contributed by atoms with Crippen LogP contribution >= 0.6 is 0 Å². The molecule has 0 aromatic heterocycles. The number of benzene rings is 1. The quantitative estimate of drug-likeness (QED) is 0.558. The minimum absolute atomic E-state index is 0.0246. The zero-order valence-electron chi connectivity index (χ0n) is 12.0. The predicted octanol–water partition coefficient (Wildman–Crippen LogP) is 0.957. The molecule has 0 saturated heterocycles. The van der Waals surface area contributed by atoms with E-state index >= 15 is 0 Å². The number of anilines is 2. The van der Waals surface area contributed by atoms with Crippen molar-refractivity contribution in [1.29, 1.82) is 0 Å². The van der Waals surface area contributed by atoms with Crippen LogP contribution in [0.25, 0.3) is 0 Å². The average Bonchev–Trinajstić information content (AvgIpc) is 2.39. The molecule has 0 heterocycles. The summed E-state index contributed by atoms with van der Waals surface area (Å²) in [4.78, 5) is 23.3. The van der Waals surface area contributed by atoms with Gasteiger partial charge in [-0.25, -0.2) is 0 Å². The molecule has 0 aliphatic carbocycles. The van der Waals surface area contributed by atoms with Gasteiger partial charge < -0.3 is 21.7 Å². The Kier molecular flexibility index (Phi) is 6.36. The van der Waals surface area contributed by atoms with Gasteiger partial charge in [0.05, 0.1) is 5.56 Å². The minimum Gasteiger partial charge on any atom is -0.399 e. The first-order chi connectivity index (χ1) is 9.58. The minimum atomic E-state index is -0.159. The molecule has 6 heteroatoms. The monoisotopic (exact) mass is 278 g/mol. The molecule has 1 aromatic rings. The topological polar surface area (TPSA) is 96.2 Å². The number of hydrogen-bond acceptors (Lipinski definition) is 4. The summed E-state index contributed by atoms with van der Waals surface area (Å²) >= 11 is 0. The van der Waals surface area contributed by atoms with Crippen LogP contribution in [0.5, 0.6) is 0 Å². The van der Waals surface area contributed by atoms with Crippen LogP contribution in [0.3, 0.4) is 0 Å². The molecule has 5 N–H and O–H groups in total. The van der Waals surface area contributed by atoms with E-state index in [1.807, 2.05) is 13.8 Å². The second-order valence-electron chi connectivity index (χ2n) is 4.29. The number of carbonyl (C=O) groups is 2. The molecule has 0 radical (unpaired) electrons. The van der Waals surface area contributed by atoms with E-state index in [0.29, 0.717) is 43.0 Å². The number of rotatable bonds is 7. The van der Waals surface area contributed by atoms with E-state index in [9.17, 15) is 9.59 Å². The molecule has 0 saturated carbocycles. The first-order valence-electron chi connectivity index (χ1n) is 6.76. The lowest BCUT2D eigenvalue weighted by Gasteiger charge is -2.12. The van der Waals surface area contributed by atoms with Gasteiger partial charge in [-0.3, -0.25) is 9.59 Å². The summed E-state index contributed by atoms with van der Waals surface area (Å²) in [6.45, 7) is 5.35. The molecule has 1 aromatic carbocycles. The molecule has 2 amide bonds. The Balaban J connectivity index is 2.70. The molecule has 0 aliphatic rings. The second kappa shape index (κ2) is 8.04. The molecule has 20 heavy (non-hydrogen) atoms. The molecular formula is C14H22N4O2. The van der Waals surface area contributed by atoms with Crippen LogP contribution in [0.4, 0.5) is 11.4 Å². The molecule has 110 valence electrons. The molecule has 0 spiro atoms. The van der Waals surface area contributed by atoms with Crippen LogP contribution in [0.1, 0.15) is 30.6 Å². The van der Waals surface area contributed by atoms with Crippen LogP contribution in [-0.4, -0.2) is 31.4 Å². The van der Waals surface area contributed by atoms with E-state index < -0.39 is 0 Å². The van der Waals surface area contributed by atoms with Crippen molar-refractivity contribution >= 4 is 23.2 Å². The van der Waals surface area contributed by atoms with Crippen LogP contribution in [0.2, 0.25) is 0 Å². The van der Waals surface area contributed by atoms with Gasteiger partial charge >= 0.3 is 0 Å². The summed E-state index contributed by atoms with van der Waals surface area (Å²) in [7, 11) is 0. The maximum atomic E-state index is 11.9. The molecule has 0 atom stereocenters. The van der Waals surface area contributed by atoms with E-state index in [2.05, 4.69) is 16.0 Å². The Hall–Kier alpha value is -2.24. The van der Waals surface area contributed by atoms with Gasteiger partial charge in [0.2, 0.25) is 5.91 Å². The molecule has 0 fully saturated rings. The van der Waals surface area contributed by atoms with Crippen molar-refractivity contribution in [2.75, 3.05) is 30.7 Å². The van der Waals surface area contributed by atoms with Gasteiger partial charge in [-0.1, -0.05) is 0 Å². The zero-order chi connectivity index (χ0) is 15.0. The van der Waals surface area contributed by atoms with Crippen molar-refractivity contribution in [3.8, 4) is 0 Å². The van der Waals surface area contributed by atoms with Crippen LogP contribution in [0.15, 0.2) is 18.2 Å². The van der Waals surface area contributed by atoms with E-state index in [1.165, 1.54) is 0 Å². The highest BCUT2D eigenvalue weighted by atomic mass is 16.2. The first kappa shape index (κ1) is 15.8. The summed E-state index contributed by atoms with van der Waals surface area (Å²) in [5.41, 5.74) is 7.46. The van der Waals surface area contributed by atoms with Crippen molar-refractivity contribution in [3.05, 3.63) is 23.8 Å². The van der Waals surface area contributed by atoms with Crippen molar-refractivity contribution in [3.63, 3.8) is 0 Å². The summed E-state index contributed by atoms with van der Waals surface area (Å²) in [6.07, 6.45) is 0.345. The highest BCUT2D eigenvalue weighted by molar-refractivity contribution is 6.00. The van der Waals surface area contributed by atoms with Gasteiger partial charge in [-0.15, -0.1) is 0 Å². The lowest BCUT2D eigenvalue weighted by atomic mass is 10.1. The van der Waals surface area contributed by atoms with Gasteiger partial charge in [-0.05, 0) is 32.0 Å². The fraction of sp³-hybridized carbons (Fsp3) is 0.429. The number of carbonyl (C=O) groups excluding carboxylic acids is 2. The lowest BCUT2D eigenvalue weighted by molar-refractivity contribution is -0.120. The van der Waals surface area contributed by atoms with Crippen molar-refractivity contribution in [2.45, 2.75) is 20.3 Å². The normalized spacial score (nSPS) is 9.90. The Labute approximate surface area is 119 Å². The highest BCUT2D eigenvalue weighted by Crippen LogP contribution is 2.19. The number of nitrogen functional groups attached to an aromatic ring is 1. The van der Waals surface area contributed by atoms with Crippen LogP contribution < -0.4 is 21.7 Å². The zero-order valence-corrected chi connectivity index (χ0v) is 12.0. The van der Waals surface area contributed by atoms with Gasteiger partial charge in [0.15, 0.2) is 0 Å². The summed E-state index contributed by atoms with van der Waals surface area (Å²) in [5, 5.41) is 8.54.